The number of hydrogen-bond donors (Lipinski definition) is 1. The van der Waals surface area contributed by atoms with Gasteiger partial charge in [0.05, 0.1) is 12.1 Å². The number of carbonyl (C=O) groups is 1. The zero-order chi connectivity index (χ0) is 7.14. The van der Waals surface area contributed by atoms with Crippen LogP contribution < -0.4 is 0 Å². The summed E-state index contributed by atoms with van der Waals surface area (Å²) in [6.07, 6.45) is 0.0488. The molecule has 0 aromatic carbocycles. The van der Waals surface area contributed by atoms with Crippen LogP contribution in [0.3, 0.4) is 0 Å². The fourth-order valence-corrected chi connectivity index (χ4v) is 1.50. The lowest BCUT2D eigenvalue weighted by atomic mass is 10.2. The van der Waals surface area contributed by atoms with Crippen molar-refractivity contribution in [2.45, 2.75) is 18.6 Å². The van der Waals surface area contributed by atoms with Crippen LogP contribution in [-0.4, -0.2) is 41.4 Å². The predicted molar refractivity (Wildman–Crippen MR) is 32.5 cm³/mol. The molecule has 2 unspecified atom stereocenters. The van der Waals surface area contributed by atoms with Crippen LogP contribution in [0.2, 0.25) is 0 Å². The zero-order valence-corrected chi connectivity index (χ0v) is 5.49. The Bertz CT molecular complexity index is 170. The zero-order valence-electron chi connectivity index (χ0n) is 5.49. The minimum absolute atomic E-state index is 0.0625. The first-order chi connectivity index (χ1) is 4.79. The van der Waals surface area contributed by atoms with Crippen LogP contribution in [0.25, 0.3) is 0 Å². The summed E-state index contributed by atoms with van der Waals surface area (Å²) in [4.78, 5) is 12.4. The molecule has 0 radical (unpaired) electrons. The summed E-state index contributed by atoms with van der Waals surface area (Å²) >= 11 is 0. The molecule has 2 aliphatic rings. The highest BCUT2D eigenvalue weighted by Gasteiger charge is 2.42. The summed E-state index contributed by atoms with van der Waals surface area (Å²) in [5.41, 5.74) is 0. The molecule has 2 saturated heterocycles. The van der Waals surface area contributed by atoms with Gasteiger partial charge in [-0.1, -0.05) is 0 Å². The van der Waals surface area contributed by atoms with Gasteiger partial charge in [0, 0.05) is 6.54 Å². The van der Waals surface area contributed by atoms with Crippen molar-refractivity contribution in [2.24, 2.45) is 0 Å². The van der Waals surface area contributed by atoms with Crippen LogP contribution >= 0.6 is 0 Å². The third-order valence-corrected chi connectivity index (χ3v) is 2.12. The average Bonchev–Trinajstić information content (AvgIpc) is 2.41. The SMILES string of the molecule is O=C1OCC2C(O)CCN12. The second-order valence-electron chi connectivity index (χ2n) is 2.69. The molecule has 4 heteroatoms. The first-order valence-electron chi connectivity index (χ1n) is 3.40. The van der Waals surface area contributed by atoms with E-state index >= 15 is 0 Å². The molecular weight excluding hydrogens is 134 g/mol. The summed E-state index contributed by atoms with van der Waals surface area (Å²) in [6.45, 7) is 1.00. The molecule has 2 aliphatic heterocycles. The maximum absolute atomic E-state index is 10.8. The molecule has 0 spiro atoms. The van der Waals surface area contributed by atoms with Gasteiger partial charge in [0.2, 0.25) is 0 Å². The van der Waals surface area contributed by atoms with Gasteiger partial charge < -0.3 is 9.84 Å². The Morgan fingerprint density at radius 1 is 1.70 bits per heavy atom. The van der Waals surface area contributed by atoms with Gasteiger partial charge in [0.1, 0.15) is 6.61 Å². The molecular formula is C6H9NO3. The molecule has 1 N–H and O–H groups in total. The maximum Gasteiger partial charge on any atom is 0.410 e. The van der Waals surface area contributed by atoms with E-state index in [0.29, 0.717) is 19.6 Å². The number of amides is 1. The molecule has 1 amide bonds. The fraction of sp³-hybridized carbons (Fsp3) is 0.833. The number of rotatable bonds is 0. The van der Waals surface area contributed by atoms with Gasteiger partial charge in [-0.05, 0) is 6.42 Å². The standard InChI is InChI=1S/C6H9NO3/c8-5-1-2-7-4(5)3-10-6(7)9/h4-5,8H,1-3H2. The van der Waals surface area contributed by atoms with Crippen LogP contribution in [0.5, 0.6) is 0 Å². The molecule has 0 aromatic heterocycles. The summed E-state index contributed by atoms with van der Waals surface area (Å²) in [5, 5.41) is 9.24. The van der Waals surface area contributed by atoms with Crippen molar-refractivity contribution in [3.8, 4) is 0 Å². The monoisotopic (exact) mass is 143 g/mol. The largest absolute Gasteiger partial charge is 0.447 e. The Labute approximate surface area is 58.4 Å². The van der Waals surface area contributed by atoms with Crippen molar-refractivity contribution in [1.82, 2.24) is 4.90 Å². The molecule has 2 rings (SSSR count). The predicted octanol–water partition coefficient (Wildman–Crippen LogP) is -0.428. The third kappa shape index (κ3) is 0.623. The number of nitrogens with zero attached hydrogens (tertiary/aromatic N) is 1. The second-order valence-corrected chi connectivity index (χ2v) is 2.69. The number of ether oxygens (including phenoxy) is 1. The quantitative estimate of drug-likeness (QED) is 0.500. The number of fused-ring (bicyclic) bond motifs is 1. The Hall–Kier alpha value is -0.770. The van der Waals surface area contributed by atoms with Gasteiger partial charge in [-0.2, -0.15) is 0 Å². The normalized spacial score (nSPS) is 38.1. The minimum atomic E-state index is -0.369. The number of carbonyl (C=O) groups excluding carboxylic acids is 1. The van der Waals surface area contributed by atoms with Crippen molar-refractivity contribution in [2.75, 3.05) is 13.2 Å². The van der Waals surface area contributed by atoms with Crippen LogP contribution in [-0.2, 0) is 4.74 Å². The summed E-state index contributed by atoms with van der Waals surface area (Å²) in [7, 11) is 0. The van der Waals surface area contributed by atoms with E-state index in [9.17, 15) is 9.90 Å². The summed E-state index contributed by atoms with van der Waals surface area (Å²) < 4.78 is 4.72. The molecule has 10 heavy (non-hydrogen) atoms. The fourth-order valence-electron chi connectivity index (χ4n) is 1.50. The molecule has 2 fully saturated rings. The molecule has 0 saturated carbocycles. The van der Waals surface area contributed by atoms with Gasteiger partial charge >= 0.3 is 6.09 Å². The van der Waals surface area contributed by atoms with Crippen molar-refractivity contribution in [3.05, 3.63) is 0 Å². The van der Waals surface area contributed by atoms with Crippen molar-refractivity contribution < 1.29 is 14.6 Å². The lowest BCUT2D eigenvalue weighted by molar-refractivity contribution is 0.132. The molecule has 0 bridgehead atoms. The number of aliphatic hydroxyl groups is 1. The molecule has 0 aromatic rings. The topological polar surface area (TPSA) is 49.8 Å². The Kier molecular flexibility index (Phi) is 1.11. The highest BCUT2D eigenvalue weighted by molar-refractivity contribution is 5.70. The molecule has 2 atom stereocenters. The van der Waals surface area contributed by atoms with E-state index in [1.807, 2.05) is 0 Å². The van der Waals surface area contributed by atoms with Gasteiger partial charge in [-0.3, -0.25) is 4.90 Å². The van der Waals surface area contributed by atoms with E-state index in [1.54, 1.807) is 4.90 Å². The molecule has 4 nitrogen and oxygen atoms in total. The Morgan fingerprint density at radius 3 is 3.20 bits per heavy atom. The van der Waals surface area contributed by atoms with E-state index in [2.05, 4.69) is 0 Å². The Morgan fingerprint density at radius 2 is 2.50 bits per heavy atom. The minimum Gasteiger partial charge on any atom is -0.447 e. The third-order valence-electron chi connectivity index (χ3n) is 2.12. The average molecular weight is 143 g/mol. The van der Waals surface area contributed by atoms with Gasteiger partial charge in [-0.25, -0.2) is 4.79 Å². The van der Waals surface area contributed by atoms with E-state index in [1.165, 1.54) is 0 Å². The van der Waals surface area contributed by atoms with Gasteiger partial charge in [0.15, 0.2) is 0 Å². The van der Waals surface area contributed by atoms with Crippen LogP contribution in [0.4, 0.5) is 4.79 Å². The first-order valence-corrected chi connectivity index (χ1v) is 3.40. The van der Waals surface area contributed by atoms with Crippen LogP contribution in [0.15, 0.2) is 0 Å². The maximum atomic E-state index is 10.8. The van der Waals surface area contributed by atoms with E-state index in [-0.39, 0.29) is 18.2 Å². The van der Waals surface area contributed by atoms with E-state index in [0.717, 1.165) is 0 Å². The second kappa shape index (κ2) is 1.85. The highest BCUT2D eigenvalue weighted by Crippen LogP contribution is 2.23. The number of hydrogen-bond acceptors (Lipinski definition) is 3. The first kappa shape index (κ1) is 5.97. The molecule has 0 aliphatic carbocycles. The van der Waals surface area contributed by atoms with Gasteiger partial charge in [0.25, 0.3) is 0 Å². The smallest absolute Gasteiger partial charge is 0.410 e. The van der Waals surface area contributed by atoms with Crippen LogP contribution in [0.1, 0.15) is 6.42 Å². The molecule has 2 heterocycles. The van der Waals surface area contributed by atoms with E-state index < -0.39 is 0 Å². The number of cyclic esters (lactones) is 1. The van der Waals surface area contributed by atoms with Crippen LogP contribution in [0, 0.1) is 0 Å². The lowest BCUT2D eigenvalue weighted by Crippen LogP contribution is -2.32. The number of aliphatic hydroxyl groups excluding tert-OH is 1. The van der Waals surface area contributed by atoms with Gasteiger partial charge in [-0.15, -0.1) is 0 Å². The highest BCUT2D eigenvalue weighted by atomic mass is 16.6. The summed E-state index contributed by atoms with van der Waals surface area (Å²) in [5.74, 6) is 0. The lowest BCUT2D eigenvalue weighted by Gasteiger charge is -2.11. The van der Waals surface area contributed by atoms with Crippen molar-refractivity contribution in [1.29, 1.82) is 0 Å². The van der Waals surface area contributed by atoms with Crippen molar-refractivity contribution in [3.63, 3.8) is 0 Å². The van der Waals surface area contributed by atoms with Crippen molar-refractivity contribution >= 4 is 6.09 Å². The summed E-state index contributed by atoms with van der Waals surface area (Å²) in [6, 6.07) is -0.0625. The Balaban J connectivity index is 2.16. The molecule has 56 valence electrons. The van der Waals surface area contributed by atoms with E-state index in [4.69, 9.17) is 4.74 Å².